The Labute approximate surface area is 141 Å². The van der Waals surface area contributed by atoms with E-state index in [0.717, 1.165) is 28.0 Å². The molecule has 2 aromatic carbocycles. The number of nitrogens with one attached hydrogen (secondary N) is 2. The van der Waals surface area contributed by atoms with E-state index in [2.05, 4.69) is 27.2 Å². The molecule has 0 aliphatic carbocycles. The maximum absolute atomic E-state index is 9.72. The molecule has 0 aliphatic rings. The molecule has 1 heterocycles. The van der Waals surface area contributed by atoms with Gasteiger partial charge in [0, 0.05) is 17.6 Å². The molecule has 0 amide bonds. The van der Waals surface area contributed by atoms with Crippen molar-refractivity contribution in [1.29, 1.82) is 0 Å². The van der Waals surface area contributed by atoms with E-state index >= 15 is 0 Å². The fraction of sp³-hybridized carbons (Fsp3) is 0.158. The fourth-order valence-corrected chi connectivity index (χ4v) is 2.44. The minimum absolute atomic E-state index is 0.503. The van der Waals surface area contributed by atoms with Crippen LogP contribution >= 0.6 is 0 Å². The highest BCUT2D eigenvalue weighted by atomic mass is 16.3. The SMILES string of the molecule is C=CCNc1nc(Nc2cccc(C(C)O)c2)nc2ccccc12. The van der Waals surface area contributed by atoms with Crippen LogP contribution < -0.4 is 10.6 Å². The van der Waals surface area contributed by atoms with E-state index in [4.69, 9.17) is 0 Å². The number of hydrogen-bond acceptors (Lipinski definition) is 5. The summed E-state index contributed by atoms with van der Waals surface area (Å²) < 4.78 is 0. The summed E-state index contributed by atoms with van der Waals surface area (Å²) in [5.74, 6) is 1.26. The lowest BCUT2D eigenvalue weighted by molar-refractivity contribution is 0.199. The first kappa shape index (κ1) is 16.0. The van der Waals surface area contributed by atoms with Gasteiger partial charge in [0.25, 0.3) is 0 Å². The smallest absolute Gasteiger partial charge is 0.229 e. The van der Waals surface area contributed by atoms with Crippen molar-refractivity contribution in [3.8, 4) is 0 Å². The standard InChI is InChI=1S/C19H20N4O/c1-3-11-20-18-16-9-4-5-10-17(16)22-19(23-18)21-15-8-6-7-14(12-15)13(2)24/h3-10,12-13,24H,1,11H2,2H3,(H2,20,21,22,23). The molecule has 122 valence electrons. The van der Waals surface area contributed by atoms with Crippen LogP contribution in [0.4, 0.5) is 17.5 Å². The van der Waals surface area contributed by atoms with Crippen molar-refractivity contribution in [3.63, 3.8) is 0 Å². The van der Waals surface area contributed by atoms with Crippen LogP contribution in [0.2, 0.25) is 0 Å². The lowest BCUT2D eigenvalue weighted by atomic mass is 10.1. The summed E-state index contributed by atoms with van der Waals surface area (Å²) in [7, 11) is 0. The van der Waals surface area contributed by atoms with Gasteiger partial charge in [-0.15, -0.1) is 6.58 Å². The van der Waals surface area contributed by atoms with E-state index in [-0.39, 0.29) is 0 Å². The zero-order chi connectivity index (χ0) is 16.9. The second kappa shape index (κ2) is 7.10. The van der Waals surface area contributed by atoms with Crippen LogP contribution in [0.25, 0.3) is 10.9 Å². The zero-order valence-electron chi connectivity index (χ0n) is 13.5. The molecule has 5 nitrogen and oxygen atoms in total. The van der Waals surface area contributed by atoms with Crippen LogP contribution in [-0.2, 0) is 0 Å². The third kappa shape index (κ3) is 3.52. The van der Waals surface area contributed by atoms with Crippen LogP contribution in [0, 0.1) is 0 Å². The molecule has 24 heavy (non-hydrogen) atoms. The molecule has 0 spiro atoms. The van der Waals surface area contributed by atoms with Crippen molar-refractivity contribution in [3.05, 3.63) is 66.7 Å². The number of aliphatic hydroxyl groups excluding tert-OH is 1. The fourth-order valence-electron chi connectivity index (χ4n) is 2.44. The summed E-state index contributed by atoms with van der Waals surface area (Å²) in [6.45, 7) is 6.09. The summed E-state index contributed by atoms with van der Waals surface area (Å²) in [5, 5.41) is 17.1. The normalized spacial score (nSPS) is 11.9. The highest BCUT2D eigenvalue weighted by Crippen LogP contribution is 2.24. The molecule has 5 heteroatoms. The number of hydrogen-bond donors (Lipinski definition) is 3. The minimum atomic E-state index is -0.519. The molecular formula is C19H20N4O. The molecule has 3 N–H and O–H groups in total. The summed E-state index contributed by atoms with van der Waals surface area (Å²) >= 11 is 0. The number of para-hydroxylation sites is 1. The zero-order valence-corrected chi connectivity index (χ0v) is 13.5. The Kier molecular flexibility index (Phi) is 4.72. The first-order chi connectivity index (χ1) is 11.7. The third-order valence-corrected chi connectivity index (χ3v) is 3.64. The summed E-state index contributed by atoms with van der Waals surface area (Å²) in [6, 6.07) is 15.4. The van der Waals surface area contributed by atoms with Crippen molar-refractivity contribution in [1.82, 2.24) is 9.97 Å². The summed E-state index contributed by atoms with van der Waals surface area (Å²) in [4.78, 5) is 9.13. The number of benzene rings is 2. The molecule has 3 rings (SSSR count). The first-order valence-corrected chi connectivity index (χ1v) is 7.84. The molecule has 0 fully saturated rings. The number of aromatic nitrogens is 2. The van der Waals surface area contributed by atoms with Crippen molar-refractivity contribution in [2.75, 3.05) is 17.2 Å². The molecular weight excluding hydrogens is 300 g/mol. The van der Waals surface area contributed by atoms with Crippen LogP contribution in [0.5, 0.6) is 0 Å². The Morgan fingerprint density at radius 1 is 1.17 bits per heavy atom. The van der Waals surface area contributed by atoms with E-state index in [9.17, 15) is 5.11 Å². The van der Waals surface area contributed by atoms with Gasteiger partial charge < -0.3 is 15.7 Å². The molecule has 0 aliphatic heterocycles. The maximum Gasteiger partial charge on any atom is 0.229 e. The maximum atomic E-state index is 9.72. The van der Waals surface area contributed by atoms with Crippen LogP contribution in [-0.4, -0.2) is 21.6 Å². The quantitative estimate of drug-likeness (QED) is 0.598. The Balaban J connectivity index is 1.97. The van der Waals surface area contributed by atoms with E-state index in [0.29, 0.717) is 12.5 Å². The van der Waals surface area contributed by atoms with Crippen LogP contribution in [0.1, 0.15) is 18.6 Å². The minimum Gasteiger partial charge on any atom is -0.389 e. The van der Waals surface area contributed by atoms with Crippen molar-refractivity contribution in [2.45, 2.75) is 13.0 Å². The predicted octanol–water partition coefficient (Wildman–Crippen LogP) is 4.02. The van der Waals surface area contributed by atoms with E-state index in [1.165, 1.54) is 0 Å². The van der Waals surface area contributed by atoms with Crippen LogP contribution in [0.15, 0.2) is 61.2 Å². The molecule has 0 saturated carbocycles. The second-order valence-corrected chi connectivity index (χ2v) is 5.51. The number of fused-ring (bicyclic) bond motifs is 1. The molecule has 1 unspecified atom stereocenters. The van der Waals surface area contributed by atoms with Crippen molar-refractivity contribution in [2.24, 2.45) is 0 Å². The number of aliphatic hydroxyl groups is 1. The molecule has 0 bridgehead atoms. The molecule has 0 radical (unpaired) electrons. The van der Waals surface area contributed by atoms with Gasteiger partial charge in [-0.2, -0.15) is 4.98 Å². The van der Waals surface area contributed by atoms with E-state index in [1.54, 1.807) is 13.0 Å². The third-order valence-electron chi connectivity index (χ3n) is 3.64. The van der Waals surface area contributed by atoms with Crippen LogP contribution in [0.3, 0.4) is 0 Å². The Bertz CT molecular complexity index is 861. The average Bonchev–Trinajstić information content (AvgIpc) is 2.60. The topological polar surface area (TPSA) is 70.1 Å². The number of nitrogens with zero attached hydrogens (tertiary/aromatic N) is 2. The number of rotatable bonds is 6. The highest BCUT2D eigenvalue weighted by Gasteiger charge is 2.08. The molecule has 1 atom stereocenters. The number of anilines is 3. The van der Waals surface area contributed by atoms with E-state index < -0.39 is 6.10 Å². The van der Waals surface area contributed by atoms with Gasteiger partial charge in [0.05, 0.1) is 11.6 Å². The first-order valence-electron chi connectivity index (χ1n) is 7.84. The van der Waals surface area contributed by atoms with Gasteiger partial charge in [0.1, 0.15) is 5.82 Å². The van der Waals surface area contributed by atoms with Gasteiger partial charge >= 0.3 is 0 Å². The Hall–Kier alpha value is -2.92. The molecule has 0 saturated heterocycles. The lowest BCUT2D eigenvalue weighted by Gasteiger charge is -2.12. The lowest BCUT2D eigenvalue weighted by Crippen LogP contribution is -2.05. The van der Waals surface area contributed by atoms with Crippen molar-refractivity contribution < 1.29 is 5.11 Å². The van der Waals surface area contributed by atoms with Gasteiger partial charge in [-0.05, 0) is 36.8 Å². The van der Waals surface area contributed by atoms with Gasteiger partial charge in [0.15, 0.2) is 0 Å². The highest BCUT2D eigenvalue weighted by molar-refractivity contribution is 5.90. The predicted molar refractivity (Wildman–Crippen MR) is 98.6 cm³/mol. The van der Waals surface area contributed by atoms with Gasteiger partial charge in [-0.25, -0.2) is 4.98 Å². The Morgan fingerprint density at radius 2 is 2.00 bits per heavy atom. The largest absolute Gasteiger partial charge is 0.389 e. The van der Waals surface area contributed by atoms with Gasteiger partial charge in [-0.3, -0.25) is 0 Å². The second-order valence-electron chi connectivity index (χ2n) is 5.51. The van der Waals surface area contributed by atoms with Crippen molar-refractivity contribution >= 4 is 28.4 Å². The molecule has 3 aromatic rings. The molecule has 1 aromatic heterocycles. The average molecular weight is 320 g/mol. The Morgan fingerprint density at radius 3 is 2.79 bits per heavy atom. The summed E-state index contributed by atoms with van der Waals surface area (Å²) in [6.07, 6.45) is 1.27. The van der Waals surface area contributed by atoms with E-state index in [1.807, 2.05) is 48.5 Å². The monoisotopic (exact) mass is 320 g/mol. The summed E-state index contributed by atoms with van der Waals surface area (Å²) in [5.41, 5.74) is 2.53. The van der Waals surface area contributed by atoms with Gasteiger partial charge in [0.2, 0.25) is 5.95 Å². The van der Waals surface area contributed by atoms with Gasteiger partial charge in [-0.1, -0.05) is 30.3 Å².